The van der Waals surface area contributed by atoms with Crippen LogP contribution in [0.15, 0.2) is 42.7 Å². The molecule has 3 rings (SSSR count). The van der Waals surface area contributed by atoms with E-state index in [1.807, 2.05) is 12.1 Å². The summed E-state index contributed by atoms with van der Waals surface area (Å²) in [6.07, 6.45) is 3.46. The van der Waals surface area contributed by atoms with Crippen LogP contribution in [-0.4, -0.2) is 35.6 Å². The molecule has 0 aliphatic carbocycles. The van der Waals surface area contributed by atoms with E-state index in [0.717, 1.165) is 17.7 Å². The van der Waals surface area contributed by atoms with Crippen molar-refractivity contribution in [2.24, 2.45) is 0 Å². The molecular weight excluding hydrogens is 328 g/mol. The van der Waals surface area contributed by atoms with Gasteiger partial charge in [-0.2, -0.15) is 0 Å². The Bertz CT molecular complexity index is 742. The minimum atomic E-state index is -0.923. The van der Waals surface area contributed by atoms with Gasteiger partial charge < -0.3 is 15.0 Å². The third-order valence-electron chi connectivity index (χ3n) is 4.19. The van der Waals surface area contributed by atoms with Crippen molar-refractivity contribution < 1.29 is 18.3 Å². The molecule has 2 amide bonds. The summed E-state index contributed by atoms with van der Waals surface area (Å²) in [5.74, 6) is -1.83. The van der Waals surface area contributed by atoms with Crippen molar-refractivity contribution in [3.8, 4) is 0 Å². The van der Waals surface area contributed by atoms with Crippen molar-refractivity contribution in [3.63, 3.8) is 0 Å². The topological polar surface area (TPSA) is 54.5 Å². The summed E-state index contributed by atoms with van der Waals surface area (Å²) in [4.78, 5) is 17.9. The Hall–Kier alpha value is -2.54. The Morgan fingerprint density at radius 3 is 2.76 bits per heavy atom. The van der Waals surface area contributed by atoms with Gasteiger partial charge in [0.15, 0.2) is 11.6 Å². The summed E-state index contributed by atoms with van der Waals surface area (Å²) in [6, 6.07) is 6.80. The summed E-state index contributed by atoms with van der Waals surface area (Å²) in [7, 11) is 1.69. The fraction of sp³-hybridized carbons (Fsp3) is 0.333. The van der Waals surface area contributed by atoms with Crippen LogP contribution in [0.1, 0.15) is 23.7 Å². The Balaban J connectivity index is 1.64. The van der Waals surface area contributed by atoms with Crippen LogP contribution in [0.25, 0.3) is 0 Å². The largest absolute Gasteiger partial charge is 0.371 e. The average Bonchev–Trinajstić information content (AvgIpc) is 3.06. The SMILES string of the molecule is CN(Cc1ccncc1)C(=O)N[C@@H]1CCO[C@H]1c1ccc(F)c(F)c1. The molecule has 132 valence electrons. The number of ether oxygens (including phenoxy) is 1. The predicted octanol–water partition coefficient (Wildman–Crippen LogP) is 3.03. The molecule has 1 aromatic heterocycles. The number of nitrogens with zero attached hydrogens (tertiary/aromatic N) is 2. The van der Waals surface area contributed by atoms with E-state index in [9.17, 15) is 13.6 Å². The van der Waals surface area contributed by atoms with Crippen molar-refractivity contribution >= 4 is 6.03 Å². The molecular formula is C18H19F2N3O2. The molecule has 7 heteroatoms. The monoisotopic (exact) mass is 347 g/mol. The highest BCUT2D eigenvalue weighted by Crippen LogP contribution is 2.30. The van der Waals surface area contributed by atoms with Crippen molar-refractivity contribution in [2.45, 2.75) is 25.1 Å². The van der Waals surface area contributed by atoms with E-state index in [1.165, 1.54) is 6.07 Å². The normalized spacial score (nSPS) is 19.6. The molecule has 1 fully saturated rings. The van der Waals surface area contributed by atoms with Gasteiger partial charge in [0, 0.05) is 32.6 Å². The van der Waals surface area contributed by atoms with E-state index >= 15 is 0 Å². The molecule has 0 unspecified atom stereocenters. The second-order valence-corrected chi connectivity index (χ2v) is 6.02. The summed E-state index contributed by atoms with van der Waals surface area (Å²) < 4.78 is 32.2. The molecule has 5 nitrogen and oxygen atoms in total. The van der Waals surface area contributed by atoms with Crippen LogP contribution in [0, 0.1) is 11.6 Å². The van der Waals surface area contributed by atoms with Gasteiger partial charge in [0.05, 0.1) is 6.04 Å². The lowest BCUT2D eigenvalue weighted by atomic mass is 10.0. The smallest absolute Gasteiger partial charge is 0.317 e. The number of amides is 2. The number of benzene rings is 1. The summed E-state index contributed by atoms with van der Waals surface area (Å²) in [5.41, 5.74) is 1.48. The van der Waals surface area contributed by atoms with Crippen LogP contribution in [0.5, 0.6) is 0 Å². The Labute approximate surface area is 144 Å². The molecule has 0 bridgehead atoms. The number of hydrogen-bond donors (Lipinski definition) is 1. The molecule has 1 saturated heterocycles. The van der Waals surface area contributed by atoms with E-state index in [4.69, 9.17) is 4.74 Å². The maximum absolute atomic E-state index is 13.5. The van der Waals surface area contributed by atoms with E-state index in [2.05, 4.69) is 10.3 Å². The highest BCUT2D eigenvalue weighted by atomic mass is 19.2. The lowest BCUT2D eigenvalue weighted by Gasteiger charge is -2.24. The first kappa shape index (κ1) is 17.3. The van der Waals surface area contributed by atoms with Crippen molar-refractivity contribution in [2.75, 3.05) is 13.7 Å². The third kappa shape index (κ3) is 4.11. The summed E-state index contributed by atoms with van der Waals surface area (Å²) in [5, 5.41) is 2.91. The van der Waals surface area contributed by atoms with Crippen molar-refractivity contribution in [1.82, 2.24) is 15.2 Å². The molecule has 1 aliphatic rings. The number of carbonyl (C=O) groups is 1. The molecule has 1 N–H and O–H groups in total. The minimum Gasteiger partial charge on any atom is -0.371 e. The van der Waals surface area contributed by atoms with Crippen molar-refractivity contribution in [1.29, 1.82) is 0 Å². The second kappa shape index (κ2) is 7.57. The fourth-order valence-electron chi connectivity index (χ4n) is 2.86. The molecule has 0 radical (unpaired) electrons. The van der Waals surface area contributed by atoms with Crippen LogP contribution in [0.3, 0.4) is 0 Å². The zero-order chi connectivity index (χ0) is 17.8. The molecule has 2 atom stereocenters. The highest BCUT2D eigenvalue weighted by molar-refractivity contribution is 5.74. The third-order valence-corrected chi connectivity index (χ3v) is 4.19. The quantitative estimate of drug-likeness (QED) is 0.925. The number of nitrogens with one attached hydrogen (secondary N) is 1. The van der Waals surface area contributed by atoms with Gasteiger partial charge in [0.2, 0.25) is 0 Å². The van der Waals surface area contributed by atoms with Gasteiger partial charge in [-0.3, -0.25) is 4.98 Å². The van der Waals surface area contributed by atoms with Crippen molar-refractivity contribution in [3.05, 3.63) is 65.5 Å². The van der Waals surface area contributed by atoms with Gasteiger partial charge in [0.1, 0.15) is 6.10 Å². The van der Waals surface area contributed by atoms with Gasteiger partial charge >= 0.3 is 6.03 Å². The Kier molecular flexibility index (Phi) is 5.23. The van der Waals surface area contributed by atoms with E-state index in [-0.39, 0.29) is 12.1 Å². The molecule has 2 aromatic rings. The Morgan fingerprint density at radius 1 is 1.28 bits per heavy atom. The number of pyridine rings is 1. The molecule has 0 spiro atoms. The zero-order valence-electron chi connectivity index (χ0n) is 13.8. The highest BCUT2D eigenvalue weighted by Gasteiger charge is 2.32. The standard InChI is InChI=1S/C18H19F2N3O2/c1-23(11-12-4-7-21-8-5-12)18(24)22-16-6-9-25-17(16)13-2-3-14(19)15(20)10-13/h2-5,7-8,10,16-17H,6,9,11H2,1H3,(H,22,24)/t16-,17+/m1/s1. The maximum atomic E-state index is 13.5. The van der Waals surface area contributed by atoms with Gasteiger partial charge in [0.25, 0.3) is 0 Å². The van der Waals surface area contributed by atoms with Crippen LogP contribution in [0.2, 0.25) is 0 Å². The summed E-state index contributed by atoms with van der Waals surface area (Å²) in [6.45, 7) is 0.889. The first-order chi connectivity index (χ1) is 12.0. The molecule has 2 heterocycles. The predicted molar refractivity (Wildman–Crippen MR) is 87.7 cm³/mol. The van der Waals surface area contributed by atoms with Gasteiger partial charge in [-0.25, -0.2) is 13.6 Å². The fourth-order valence-corrected chi connectivity index (χ4v) is 2.86. The molecule has 1 aromatic carbocycles. The van der Waals surface area contributed by atoms with E-state index < -0.39 is 17.7 Å². The second-order valence-electron chi connectivity index (χ2n) is 6.02. The maximum Gasteiger partial charge on any atom is 0.317 e. The molecule has 25 heavy (non-hydrogen) atoms. The van der Waals surface area contributed by atoms with Gasteiger partial charge in [-0.05, 0) is 41.8 Å². The zero-order valence-corrected chi connectivity index (χ0v) is 13.8. The van der Waals surface area contributed by atoms with Gasteiger partial charge in [-0.1, -0.05) is 6.07 Å². The summed E-state index contributed by atoms with van der Waals surface area (Å²) >= 11 is 0. The number of aromatic nitrogens is 1. The Morgan fingerprint density at radius 2 is 2.04 bits per heavy atom. The van der Waals surface area contributed by atoms with Crippen LogP contribution < -0.4 is 5.32 Å². The van der Waals surface area contributed by atoms with Gasteiger partial charge in [-0.15, -0.1) is 0 Å². The van der Waals surface area contributed by atoms with Crippen LogP contribution in [0.4, 0.5) is 13.6 Å². The number of halogens is 2. The molecule has 0 saturated carbocycles. The number of urea groups is 1. The first-order valence-corrected chi connectivity index (χ1v) is 8.01. The first-order valence-electron chi connectivity index (χ1n) is 8.01. The average molecular weight is 347 g/mol. The van der Waals surface area contributed by atoms with Crippen LogP contribution in [-0.2, 0) is 11.3 Å². The van der Waals surface area contributed by atoms with E-state index in [1.54, 1.807) is 24.3 Å². The molecule has 1 aliphatic heterocycles. The lowest BCUT2D eigenvalue weighted by Crippen LogP contribution is -2.43. The number of carbonyl (C=O) groups excluding carboxylic acids is 1. The number of rotatable bonds is 4. The minimum absolute atomic E-state index is 0.250. The van der Waals surface area contributed by atoms with E-state index in [0.29, 0.717) is 25.1 Å². The number of hydrogen-bond acceptors (Lipinski definition) is 3. The lowest BCUT2D eigenvalue weighted by molar-refractivity contribution is 0.0980. The van der Waals surface area contributed by atoms with Crippen LogP contribution >= 0.6 is 0 Å².